The lowest BCUT2D eigenvalue weighted by atomic mass is 9.81. The maximum atomic E-state index is 12.5. The number of nitrogens with zero attached hydrogens (tertiary/aromatic N) is 3. The first-order chi connectivity index (χ1) is 15.1. The maximum absolute atomic E-state index is 12.5. The zero-order valence-corrected chi connectivity index (χ0v) is 18.2. The summed E-state index contributed by atoms with van der Waals surface area (Å²) in [4.78, 5) is 38.9. The molecule has 9 nitrogen and oxygen atoms in total. The average molecular weight is 439 g/mol. The van der Waals surface area contributed by atoms with Crippen LogP contribution in [0.2, 0.25) is 0 Å². The van der Waals surface area contributed by atoms with E-state index in [-0.39, 0.29) is 16.8 Å². The fraction of sp³-hybridized carbons (Fsp3) is 0.391. The minimum Gasteiger partial charge on any atom is -0.313 e. The number of rotatable bonds is 5. The third kappa shape index (κ3) is 5.16. The van der Waals surface area contributed by atoms with Crippen molar-refractivity contribution >= 4 is 23.1 Å². The van der Waals surface area contributed by atoms with E-state index >= 15 is 0 Å². The molecule has 0 N–H and O–H groups in total. The lowest BCUT2D eigenvalue weighted by Gasteiger charge is -2.23. The minimum absolute atomic E-state index is 0.0442. The van der Waals surface area contributed by atoms with Crippen molar-refractivity contribution in [3.05, 3.63) is 79.4 Å². The molecule has 1 saturated carbocycles. The molecule has 0 aromatic heterocycles. The van der Waals surface area contributed by atoms with Gasteiger partial charge in [0.25, 0.3) is 11.4 Å². The number of hydrogen-bond donors (Lipinski definition) is 0. The third-order valence-electron chi connectivity index (χ3n) is 5.61. The Kier molecular flexibility index (Phi) is 6.67. The minimum atomic E-state index is -0.667. The van der Waals surface area contributed by atoms with Gasteiger partial charge in [-0.1, -0.05) is 44.5 Å². The Hall–Kier alpha value is -3.62. The summed E-state index contributed by atoms with van der Waals surface area (Å²) < 4.78 is 0. The molecule has 9 heteroatoms. The highest BCUT2D eigenvalue weighted by molar-refractivity contribution is 5.94. The second-order valence-electron chi connectivity index (χ2n) is 8.84. The second-order valence-corrected chi connectivity index (χ2v) is 8.84. The van der Waals surface area contributed by atoms with Crippen LogP contribution in [0.15, 0.2) is 47.6 Å². The molecule has 2 aromatic rings. The Morgan fingerprint density at radius 2 is 1.72 bits per heavy atom. The smallest absolute Gasteiger partial charge is 0.313 e. The van der Waals surface area contributed by atoms with Crippen LogP contribution in [-0.4, -0.2) is 21.5 Å². The van der Waals surface area contributed by atoms with Crippen LogP contribution in [0.5, 0.6) is 0 Å². The number of carbonyl (C=O) groups excluding carboxylic acids is 1. The highest BCUT2D eigenvalue weighted by Gasteiger charge is 2.31. The molecule has 0 bridgehead atoms. The summed E-state index contributed by atoms with van der Waals surface area (Å²) in [5, 5.41) is 26.6. The number of non-ortho nitro benzene ring substituents is 1. The standard InChI is InChI=1S/C23H25N3O6/c1-23(2,3)16-10-8-15(9-11-16)22(27)32-24-20-7-5-4-6-18(20)19-13-12-17(25(28)29)14-21(19)26(30)31/h8-14,18H,4-7H2,1-3H3/b24-20-/t18-/m0/s1. The molecule has 1 aliphatic rings. The number of carbonyl (C=O) groups is 1. The van der Waals surface area contributed by atoms with Gasteiger partial charge in [0, 0.05) is 17.5 Å². The van der Waals surface area contributed by atoms with Gasteiger partial charge in [0.2, 0.25) is 0 Å². The predicted molar refractivity (Wildman–Crippen MR) is 119 cm³/mol. The lowest BCUT2D eigenvalue weighted by Crippen LogP contribution is -2.20. The van der Waals surface area contributed by atoms with E-state index in [1.54, 1.807) is 12.1 Å². The highest BCUT2D eigenvalue weighted by Crippen LogP contribution is 2.37. The molecule has 0 aliphatic heterocycles. The number of nitro benzene ring substituents is 2. The normalized spacial score (nSPS) is 17.7. The monoisotopic (exact) mass is 439 g/mol. The second kappa shape index (κ2) is 9.25. The summed E-state index contributed by atoms with van der Waals surface area (Å²) in [6.07, 6.45) is 2.73. The number of hydrogen-bond acceptors (Lipinski definition) is 7. The molecule has 0 amide bonds. The Balaban J connectivity index is 1.85. The Morgan fingerprint density at radius 3 is 2.31 bits per heavy atom. The van der Waals surface area contributed by atoms with Crippen molar-refractivity contribution < 1.29 is 19.5 Å². The van der Waals surface area contributed by atoms with Crippen LogP contribution < -0.4 is 0 Å². The fourth-order valence-electron chi connectivity index (χ4n) is 3.80. The third-order valence-corrected chi connectivity index (χ3v) is 5.61. The first kappa shape index (κ1) is 23.1. The fourth-order valence-corrected chi connectivity index (χ4v) is 3.80. The van der Waals surface area contributed by atoms with Crippen molar-refractivity contribution in [3.8, 4) is 0 Å². The molecular formula is C23H25N3O6. The van der Waals surface area contributed by atoms with Crippen LogP contribution in [0, 0.1) is 20.2 Å². The molecule has 1 atom stereocenters. The van der Waals surface area contributed by atoms with E-state index in [0.717, 1.165) is 24.5 Å². The van der Waals surface area contributed by atoms with Gasteiger partial charge in [-0.2, -0.15) is 0 Å². The van der Waals surface area contributed by atoms with Gasteiger partial charge in [-0.3, -0.25) is 20.2 Å². The van der Waals surface area contributed by atoms with E-state index in [2.05, 4.69) is 25.9 Å². The Bertz CT molecular complexity index is 1070. The van der Waals surface area contributed by atoms with E-state index in [0.29, 0.717) is 29.7 Å². The highest BCUT2D eigenvalue weighted by atomic mass is 16.7. The topological polar surface area (TPSA) is 125 Å². The first-order valence-corrected chi connectivity index (χ1v) is 10.4. The quantitative estimate of drug-likeness (QED) is 0.336. The molecule has 1 fully saturated rings. The van der Waals surface area contributed by atoms with Crippen molar-refractivity contribution in [2.24, 2.45) is 5.16 Å². The number of nitro groups is 2. The van der Waals surface area contributed by atoms with Crippen molar-refractivity contribution in [2.45, 2.75) is 57.8 Å². The molecule has 168 valence electrons. The van der Waals surface area contributed by atoms with E-state index in [1.807, 2.05) is 12.1 Å². The summed E-state index contributed by atoms with van der Waals surface area (Å²) in [6, 6.07) is 10.7. The molecule has 0 heterocycles. The van der Waals surface area contributed by atoms with Crippen molar-refractivity contribution in [1.82, 2.24) is 0 Å². The number of oxime groups is 1. The molecule has 1 aliphatic carbocycles. The van der Waals surface area contributed by atoms with Gasteiger partial charge in [-0.25, -0.2) is 4.79 Å². The van der Waals surface area contributed by atoms with Crippen LogP contribution in [0.25, 0.3) is 0 Å². The summed E-state index contributed by atoms with van der Waals surface area (Å²) in [7, 11) is 0. The molecule has 0 spiro atoms. The van der Waals surface area contributed by atoms with Gasteiger partial charge in [0.15, 0.2) is 0 Å². The molecular weight excluding hydrogens is 414 g/mol. The van der Waals surface area contributed by atoms with Crippen molar-refractivity contribution in [3.63, 3.8) is 0 Å². The van der Waals surface area contributed by atoms with Crippen LogP contribution in [0.1, 0.15) is 73.9 Å². The predicted octanol–water partition coefficient (Wildman–Crippen LogP) is 5.67. The Labute approximate surface area is 185 Å². The van der Waals surface area contributed by atoms with Gasteiger partial charge in [-0.15, -0.1) is 0 Å². The molecule has 2 aromatic carbocycles. The van der Waals surface area contributed by atoms with Crippen LogP contribution in [-0.2, 0) is 10.3 Å². The Morgan fingerprint density at radius 1 is 1.03 bits per heavy atom. The molecule has 3 rings (SSSR count). The zero-order chi connectivity index (χ0) is 23.5. The van der Waals surface area contributed by atoms with Crippen molar-refractivity contribution in [1.29, 1.82) is 0 Å². The van der Waals surface area contributed by atoms with E-state index in [9.17, 15) is 25.0 Å². The molecule has 0 radical (unpaired) electrons. The lowest BCUT2D eigenvalue weighted by molar-refractivity contribution is -0.394. The first-order valence-electron chi connectivity index (χ1n) is 10.4. The van der Waals surface area contributed by atoms with Crippen LogP contribution >= 0.6 is 0 Å². The van der Waals surface area contributed by atoms with Crippen LogP contribution in [0.4, 0.5) is 11.4 Å². The maximum Gasteiger partial charge on any atom is 0.365 e. The molecule has 0 saturated heterocycles. The zero-order valence-electron chi connectivity index (χ0n) is 18.2. The SMILES string of the molecule is CC(C)(C)c1ccc(C(=O)O/N=C2/CCCC[C@H]2c2ccc([N+](=O)[O-])cc2[N+](=O)[O-])cc1. The summed E-state index contributed by atoms with van der Waals surface area (Å²) in [5.74, 6) is -1.05. The summed E-state index contributed by atoms with van der Waals surface area (Å²) in [6.45, 7) is 6.23. The van der Waals surface area contributed by atoms with E-state index in [1.165, 1.54) is 12.1 Å². The van der Waals surface area contributed by atoms with Gasteiger partial charge in [0.05, 0.1) is 27.2 Å². The molecule has 32 heavy (non-hydrogen) atoms. The number of benzene rings is 2. The van der Waals surface area contributed by atoms with Crippen molar-refractivity contribution in [2.75, 3.05) is 0 Å². The summed E-state index contributed by atoms with van der Waals surface area (Å²) in [5.41, 5.74) is 1.58. The van der Waals surface area contributed by atoms with Gasteiger partial charge in [0.1, 0.15) is 0 Å². The largest absolute Gasteiger partial charge is 0.365 e. The van der Waals surface area contributed by atoms with E-state index < -0.39 is 21.7 Å². The van der Waals surface area contributed by atoms with Crippen LogP contribution in [0.3, 0.4) is 0 Å². The van der Waals surface area contributed by atoms with Gasteiger partial charge < -0.3 is 4.84 Å². The average Bonchev–Trinajstić information content (AvgIpc) is 2.76. The van der Waals surface area contributed by atoms with E-state index in [4.69, 9.17) is 4.84 Å². The molecule has 0 unspecified atom stereocenters. The summed E-state index contributed by atoms with van der Waals surface area (Å²) >= 11 is 0. The van der Waals surface area contributed by atoms with Gasteiger partial charge >= 0.3 is 5.97 Å². The van der Waals surface area contributed by atoms with Gasteiger partial charge in [-0.05, 0) is 48.4 Å².